The smallest absolute Gasteiger partial charge is 0.328 e. The minimum atomic E-state index is -1.03. The summed E-state index contributed by atoms with van der Waals surface area (Å²) in [5.41, 5.74) is 1.99. The van der Waals surface area contributed by atoms with Crippen LogP contribution in [0, 0.1) is 6.92 Å². The third kappa shape index (κ3) is 3.79. The molecule has 0 spiro atoms. The van der Waals surface area contributed by atoms with E-state index in [1.54, 1.807) is 42.2 Å². The van der Waals surface area contributed by atoms with E-state index >= 15 is 0 Å². The standard InChI is InChI=1S/C15H15N3O3/c1-10-7-11(3-4-14(19)20)9-12(8-10)15(21)17-13-5-6-16-18(13)2/h3-9H,1-2H3,(H,17,21)(H,19,20)/b4-3+. The van der Waals surface area contributed by atoms with Gasteiger partial charge in [-0.05, 0) is 36.3 Å². The summed E-state index contributed by atoms with van der Waals surface area (Å²) in [4.78, 5) is 22.8. The summed E-state index contributed by atoms with van der Waals surface area (Å²) in [6, 6.07) is 6.88. The van der Waals surface area contributed by atoms with E-state index in [1.165, 1.54) is 6.08 Å². The summed E-state index contributed by atoms with van der Waals surface area (Å²) < 4.78 is 1.55. The third-order valence-electron chi connectivity index (χ3n) is 2.84. The van der Waals surface area contributed by atoms with Gasteiger partial charge >= 0.3 is 5.97 Å². The first-order valence-electron chi connectivity index (χ1n) is 6.28. The molecule has 0 unspecified atom stereocenters. The number of anilines is 1. The average molecular weight is 285 g/mol. The molecule has 0 radical (unpaired) electrons. The van der Waals surface area contributed by atoms with Gasteiger partial charge in [-0.25, -0.2) is 4.79 Å². The van der Waals surface area contributed by atoms with Crippen LogP contribution in [-0.4, -0.2) is 26.8 Å². The highest BCUT2D eigenvalue weighted by molar-refractivity contribution is 6.04. The van der Waals surface area contributed by atoms with Crippen molar-refractivity contribution < 1.29 is 14.7 Å². The Balaban J connectivity index is 2.25. The fourth-order valence-electron chi connectivity index (χ4n) is 1.89. The molecule has 0 saturated heterocycles. The number of carboxylic acid groups (broad SMARTS) is 1. The van der Waals surface area contributed by atoms with Crippen molar-refractivity contribution >= 4 is 23.8 Å². The van der Waals surface area contributed by atoms with Gasteiger partial charge < -0.3 is 10.4 Å². The Bertz CT molecular complexity index is 717. The van der Waals surface area contributed by atoms with E-state index in [0.717, 1.165) is 11.6 Å². The van der Waals surface area contributed by atoms with Crippen molar-refractivity contribution in [2.75, 3.05) is 5.32 Å². The summed E-state index contributed by atoms with van der Waals surface area (Å²) in [5.74, 6) is -0.714. The van der Waals surface area contributed by atoms with E-state index in [4.69, 9.17) is 5.11 Å². The zero-order valence-electron chi connectivity index (χ0n) is 11.7. The van der Waals surface area contributed by atoms with Gasteiger partial charge in [0, 0.05) is 24.8 Å². The lowest BCUT2D eigenvalue weighted by atomic mass is 10.1. The number of carbonyl (C=O) groups excluding carboxylic acids is 1. The van der Waals surface area contributed by atoms with Crippen molar-refractivity contribution in [3.8, 4) is 0 Å². The van der Waals surface area contributed by atoms with Gasteiger partial charge in [0.1, 0.15) is 5.82 Å². The van der Waals surface area contributed by atoms with Crippen LogP contribution >= 0.6 is 0 Å². The number of rotatable bonds is 4. The Labute approximate surface area is 121 Å². The molecular formula is C15H15N3O3. The number of carbonyl (C=O) groups is 2. The van der Waals surface area contributed by atoms with Crippen molar-refractivity contribution in [3.05, 3.63) is 53.2 Å². The third-order valence-corrected chi connectivity index (χ3v) is 2.84. The summed E-state index contributed by atoms with van der Waals surface area (Å²) in [5, 5.41) is 15.4. The Morgan fingerprint density at radius 1 is 1.33 bits per heavy atom. The van der Waals surface area contributed by atoms with Crippen LogP contribution in [-0.2, 0) is 11.8 Å². The monoisotopic (exact) mass is 285 g/mol. The molecule has 2 N–H and O–H groups in total. The molecule has 2 rings (SSSR count). The van der Waals surface area contributed by atoms with Gasteiger partial charge in [-0.2, -0.15) is 5.10 Å². The Morgan fingerprint density at radius 3 is 2.71 bits per heavy atom. The van der Waals surface area contributed by atoms with E-state index in [2.05, 4.69) is 10.4 Å². The number of nitrogens with zero attached hydrogens (tertiary/aromatic N) is 2. The Kier molecular flexibility index (Phi) is 4.18. The largest absolute Gasteiger partial charge is 0.478 e. The number of carboxylic acids is 1. The molecule has 21 heavy (non-hydrogen) atoms. The summed E-state index contributed by atoms with van der Waals surface area (Å²) in [6.45, 7) is 1.85. The van der Waals surface area contributed by atoms with Crippen LogP contribution < -0.4 is 5.32 Å². The number of nitrogens with one attached hydrogen (secondary N) is 1. The molecule has 0 aliphatic heterocycles. The first-order chi connectivity index (χ1) is 9.95. The predicted octanol–water partition coefficient (Wildman–Crippen LogP) is 2.08. The van der Waals surface area contributed by atoms with Gasteiger partial charge in [0.2, 0.25) is 0 Å². The summed E-state index contributed by atoms with van der Waals surface area (Å²) in [6.07, 6.45) is 4.08. The van der Waals surface area contributed by atoms with Gasteiger partial charge in [-0.3, -0.25) is 9.48 Å². The predicted molar refractivity (Wildman–Crippen MR) is 79.0 cm³/mol. The van der Waals surface area contributed by atoms with Gasteiger partial charge in [-0.15, -0.1) is 0 Å². The quantitative estimate of drug-likeness (QED) is 0.842. The molecule has 0 fully saturated rings. The van der Waals surface area contributed by atoms with Crippen molar-refractivity contribution in [2.24, 2.45) is 7.05 Å². The highest BCUT2D eigenvalue weighted by Crippen LogP contribution is 2.14. The number of hydrogen-bond acceptors (Lipinski definition) is 3. The van der Waals surface area contributed by atoms with Crippen LogP contribution in [0.15, 0.2) is 36.5 Å². The van der Waals surface area contributed by atoms with E-state index in [1.807, 2.05) is 6.92 Å². The molecule has 0 saturated carbocycles. The maximum Gasteiger partial charge on any atom is 0.328 e. The van der Waals surface area contributed by atoms with Crippen LogP contribution in [0.2, 0.25) is 0 Å². The number of amides is 1. The molecule has 2 aromatic rings. The molecule has 0 bridgehead atoms. The topological polar surface area (TPSA) is 84.2 Å². The van der Waals surface area contributed by atoms with Gasteiger partial charge in [0.25, 0.3) is 5.91 Å². The number of benzene rings is 1. The van der Waals surface area contributed by atoms with Crippen LogP contribution in [0.5, 0.6) is 0 Å². The van der Waals surface area contributed by atoms with E-state index in [-0.39, 0.29) is 5.91 Å². The second kappa shape index (κ2) is 6.04. The van der Waals surface area contributed by atoms with E-state index < -0.39 is 5.97 Å². The van der Waals surface area contributed by atoms with E-state index in [9.17, 15) is 9.59 Å². The zero-order chi connectivity index (χ0) is 15.4. The maximum atomic E-state index is 12.2. The van der Waals surface area contributed by atoms with Crippen LogP contribution in [0.4, 0.5) is 5.82 Å². The van der Waals surface area contributed by atoms with Gasteiger partial charge in [0.15, 0.2) is 0 Å². The van der Waals surface area contributed by atoms with Crippen molar-refractivity contribution in [1.82, 2.24) is 9.78 Å². The fraction of sp³-hybridized carbons (Fsp3) is 0.133. The molecule has 0 aliphatic carbocycles. The highest BCUT2D eigenvalue weighted by Gasteiger charge is 2.09. The first-order valence-corrected chi connectivity index (χ1v) is 6.28. The molecular weight excluding hydrogens is 270 g/mol. The van der Waals surface area contributed by atoms with Crippen LogP contribution in [0.1, 0.15) is 21.5 Å². The maximum absolute atomic E-state index is 12.2. The molecule has 0 aliphatic rings. The van der Waals surface area contributed by atoms with Crippen LogP contribution in [0.25, 0.3) is 6.08 Å². The molecule has 1 heterocycles. The molecule has 6 nitrogen and oxygen atoms in total. The normalized spacial score (nSPS) is 10.8. The first kappa shape index (κ1) is 14.5. The second-order valence-corrected chi connectivity index (χ2v) is 4.60. The number of aromatic nitrogens is 2. The molecule has 1 aromatic heterocycles. The lowest BCUT2D eigenvalue weighted by Gasteiger charge is -2.07. The minimum Gasteiger partial charge on any atom is -0.478 e. The lowest BCUT2D eigenvalue weighted by molar-refractivity contribution is -0.131. The van der Waals surface area contributed by atoms with Crippen molar-refractivity contribution in [3.63, 3.8) is 0 Å². The summed E-state index contributed by atoms with van der Waals surface area (Å²) >= 11 is 0. The highest BCUT2D eigenvalue weighted by atomic mass is 16.4. The van der Waals surface area contributed by atoms with Gasteiger partial charge in [0.05, 0.1) is 6.20 Å². The molecule has 0 atom stereocenters. The number of hydrogen-bond donors (Lipinski definition) is 2. The Hall–Kier alpha value is -2.89. The second-order valence-electron chi connectivity index (χ2n) is 4.60. The molecule has 108 valence electrons. The summed E-state index contributed by atoms with van der Waals surface area (Å²) in [7, 11) is 1.73. The SMILES string of the molecule is Cc1cc(/C=C/C(=O)O)cc(C(=O)Nc2ccnn2C)c1. The molecule has 1 amide bonds. The fourth-order valence-corrected chi connectivity index (χ4v) is 1.89. The van der Waals surface area contributed by atoms with E-state index in [0.29, 0.717) is 16.9 Å². The van der Waals surface area contributed by atoms with Crippen LogP contribution in [0.3, 0.4) is 0 Å². The molecule has 6 heteroatoms. The number of aryl methyl sites for hydroxylation is 2. The van der Waals surface area contributed by atoms with Crippen molar-refractivity contribution in [2.45, 2.75) is 6.92 Å². The lowest BCUT2D eigenvalue weighted by Crippen LogP contribution is -2.14. The number of aliphatic carboxylic acids is 1. The Morgan fingerprint density at radius 2 is 2.10 bits per heavy atom. The van der Waals surface area contributed by atoms with Crippen molar-refractivity contribution in [1.29, 1.82) is 0 Å². The zero-order valence-corrected chi connectivity index (χ0v) is 11.7. The minimum absolute atomic E-state index is 0.271. The van der Waals surface area contributed by atoms with Gasteiger partial charge in [-0.1, -0.05) is 6.07 Å². The molecule has 1 aromatic carbocycles. The average Bonchev–Trinajstić information content (AvgIpc) is 2.81.